The summed E-state index contributed by atoms with van der Waals surface area (Å²) in [6.45, 7) is 4.00. The number of aliphatic carboxylic acids is 1. The summed E-state index contributed by atoms with van der Waals surface area (Å²) in [7, 11) is 1.44. The summed E-state index contributed by atoms with van der Waals surface area (Å²) in [5.41, 5.74) is 3.31. The number of fused-ring (bicyclic) bond motifs is 3. The number of hydrogen-bond acceptors (Lipinski definition) is 5. The van der Waals surface area contributed by atoms with E-state index >= 15 is 0 Å². The third-order valence-electron chi connectivity index (χ3n) is 7.47. The zero-order chi connectivity index (χ0) is 25.2. The fraction of sp³-hybridized carbons (Fsp3) is 0.444. The lowest BCUT2D eigenvalue weighted by atomic mass is 9.91. The summed E-state index contributed by atoms with van der Waals surface area (Å²) < 4.78 is 11.0. The molecular weight excluding hydrogens is 448 g/mol. The fourth-order valence-corrected chi connectivity index (χ4v) is 5.33. The van der Waals surface area contributed by atoms with Gasteiger partial charge in [0.15, 0.2) is 0 Å². The van der Waals surface area contributed by atoms with Gasteiger partial charge in [-0.25, -0.2) is 4.79 Å². The first kappa shape index (κ1) is 24.7. The van der Waals surface area contributed by atoms with Crippen molar-refractivity contribution in [3.63, 3.8) is 0 Å². The van der Waals surface area contributed by atoms with E-state index in [1.54, 1.807) is 0 Å². The zero-order valence-corrected chi connectivity index (χ0v) is 20.3. The molecule has 2 amide bonds. The minimum absolute atomic E-state index is 0.0425. The van der Waals surface area contributed by atoms with Gasteiger partial charge in [-0.2, -0.15) is 0 Å². The van der Waals surface area contributed by atoms with Crippen LogP contribution >= 0.6 is 0 Å². The molecule has 0 spiro atoms. The fourth-order valence-electron chi connectivity index (χ4n) is 5.33. The predicted octanol–water partition coefficient (Wildman–Crippen LogP) is 3.64. The monoisotopic (exact) mass is 480 g/mol. The van der Waals surface area contributed by atoms with Crippen LogP contribution in [0.1, 0.15) is 43.7 Å². The number of nitrogens with one attached hydrogen (secondary N) is 1. The van der Waals surface area contributed by atoms with Crippen molar-refractivity contribution in [3.05, 3.63) is 59.7 Å². The van der Waals surface area contributed by atoms with Crippen LogP contribution in [0, 0.1) is 5.92 Å². The Hall–Kier alpha value is -3.39. The number of carbonyl (C=O) groups excluding carboxylic acids is 2. The van der Waals surface area contributed by atoms with Crippen molar-refractivity contribution in [3.8, 4) is 11.1 Å². The molecular formula is C27H32N2O6. The molecule has 0 radical (unpaired) electrons. The molecule has 8 nitrogen and oxygen atoms in total. The van der Waals surface area contributed by atoms with E-state index < -0.39 is 29.6 Å². The van der Waals surface area contributed by atoms with E-state index in [-0.39, 0.29) is 31.5 Å². The third kappa shape index (κ3) is 4.50. The van der Waals surface area contributed by atoms with Crippen molar-refractivity contribution in [1.82, 2.24) is 10.2 Å². The molecule has 0 aromatic heterocycles. The van der Waals surface area contributed by atoms with Crippen molar-refractivity contribution in [1.29, 1.82) is 0 Å². The average Bonchev–Trinajstić information content (AvgIpc) is 3.45. The maximum atomic E-state index is 13.5. The number of hydrogen-bond donors (Lipinski definition) is 2. The van der Waals surface area contributed by atoms with E-state index in [2.05, 4.69) is 17.4 Å². The number of benzene rings is 2. The lowest BCUT2D eigenvalue weighted by molar-refractivity contribution is -0.144. The van der Waals surface area contributed by atoms with Crippen LogP contribution in [-0.4, -0.2) is 66.4 Å². The lowest BCUT2D eigenvalue weighted by Crippen LogP contribution is -2.59. The Kier molecular flexibility index (Phi) is 7.12. The smallest absolute Gasteiger partial charge is 0.408 e. The highest BCUT2D eigenvalue weighted by molar-refractivity contribution is 5.91. The van der Waals surface area contributed by atoms with Gasteiger partial charge in [0.05, 0.1) is 6.10 Å². The van der Waals surface area contributed by atoms with Gasteiger partial charge in [0, 0.05) is 26.1 Å². The number of methoxy groups -OCH3 is 1. The Balaban J connectivity index is 1.46. The Morgan fingerprint density at radius 3 is 2.06 bits per heavy atom. The van der Waals surface area contributed by atoms with E-state index in [1.165, 1.54) is 12.0 Å². The van der Waals surface area contributed by atoms with Crippen LogP contribution in [0.15, 0.2) is 48.5 Å². The molecule has 2 aromatic carbocycles. The standard InChI is InChI=1S/C27H32N2O6/c1-4-27(5-2,25(32)29-14-21(24(30)31)23(15-29)34-3)28-26(33)35-16-22-19-12-8-6-10-17(19)18-11-7-9-13-20(18)22/h6-13,21-23H,4-5,14-16H2,1-3H3,(H,28,33)(H,30,31). The first-order valence-corrected chi connectivity index (χ1v) is 12.0. The van der Waals surface area contributed by atoms with Crippen LogP contribution in [0.5, 0.6) is 0 Å². The van der Waals surface area contributed by atoms with E-state index in [1.807, 2.05) is 50.2 Å². The summed E-state index contributed by atoms with van der Waals surface area (Å²) in [6, 6.07) is 16.2. The van der Waals surface area contributed by atoms with Crippen molar-refractivity contribution >= 4 is 18.0 Å². The second-order valence-corrected chi connectivity index (χ2v) is 9.17. The molecule has 2 N–H and O–H groups in total. The number of carboxylic acids is 1. The molecule has 4 rings (SSSR count). The normalized spacial score (nSPS) is 19.2. The Bertz CT molecular complexity index is 1070. The summed E-state index contributed by atoms with van der Waals surface area (Å²) >= 11 is 0. The number of carboxylic acid groups (broad SMARTS) is 1. The molecule has 1 aliphatic carbocycles. The summed E-state index contributed by atoms with van der Waals surface area (Å²) in [5, 5.41) is 12.3. The minimum atomic E-state index is -1.19. The number of alkyl carbamates (subject to hydrolysis) is 1. The molecule has 0 bridgehead atoms. The quantitative estimate of drug-likeness (QED) is 0.598. The molecule has 8 heteroatoms. The largest absolute Gasteiger partial charge is 0.481 e. The third-order valence-corrected chi connectivity index (χ3v) is 7.47. The van der Waals surface area contributed by atoms with Crippen LogP contribution in [0.25, 0.3) is 11.1 Å². The van der Waals surface area contributed by atoms with Gasteiger partial charge >= 0.3 is 12.1 Å². The van der Waals surface area contributed by atoms with Gasteiger partial charge in [0.2, 0.25) is 5.91 Å². The number of ether oxygens (including phenoxy) is 2. The highest BCUT2D eigenvalue weighted by Gasteiger charge is 2.47. The molecule has 1 fully saturated rings. The Morgan fingerprint density at radius 1 is 1.00 bits per heavy atom. The SMILES string of the molecule is CCC(CC)(NC(=O)OCC1c2ccccc2-c2ccccc21)C(=O)N1CC(OC)C(C(=O)O)C1. The van der Waals surface area contributed by atoms with E-state index in [0.717, 1.165) is 22.3 Å². The zero-order valence-electron chi connectivity index (χ0n) is 20.3. The maximum Gasteiger partial charge on any atom is 0.408 e. The van der Waals surface area contributed by atoms with E-state index in [0.29, 0.717) is 12.8 Å². The van der Waals surface area contributed by atoms with Gasteiger partial charge in [0.1, 0.15) is 18.1 Å². The summed E-state index contributed by atoms with van der Waals surface area (Å²) in [5.74, 6) is -2.21. The molecule has 2 atom stereocenters. The molecule has 35 heavy (non-hydrogen) atoms. The number of nitrogens with zero attached hydrogens (tertiary/aromatic N) is 1. The van der Waals surface area contributed by atoms with Crippen LogP contribution in [-0.2, 0) is 19.1 Å². The number of rotatable bonds is 8. The highest BCUT2D eigenvalue weighted by atomic mass is 16.5. The van der Waals surface area contributed by atoms with Gasteiger partial charge in [-0.05, 0) is 35.1 Å². The molecule has 2 unspecified atom stereocenters. The van der Waals surface area contributed by atoms with Gasteiger partial charge in [-0.1, -0.05) is 62.4 Å². The molecule has 1 saturated heterocycles. The molecule has 186 valence electrons. The van der Waals surface area contributed by atoms with Gasteiger partial charge in [0.25, 0.3) is 0 Å². The van der Waals surface area contributed by atoms with E-state index in [4.69, 9.17) is 9.47 Å². The maximum absolute atomic E-state index is 13.5. The Labute approximate surface area is 205 Å². The second kappa shape index (κ2) is 10.1. The van der Waals surface area contributed by atoms with Crippen molar-refractivity contribution in [2.75, 3.05) is 26.8 Å². The summed E-state index contributed by atoms with van der Waals surface area (Å²) in [4.78, 5) is 39.5. The van der Waals surface area contributed by atoms with Gasteiger partial charge in [-0.15, -0.1) is 0 Å². The number of likely N-dealkylation sites (tertiary alicyclic amines) is 1. The molecule has 1 heterocycles. The van der Waals surface area contributed by atoms with Crippen LogP contribution in [0.3, 0.4) is 0 Å². The number of amides is 2. The van der Waals surface area contributed by atoms with Crippen molar-refractivity contribution < 1.29 is 29.0 Å². The number of carbonyl (C=O) groups is 3. The Morgan fingerprint density at radius 2 is 1.57 bits per heavy atom. The average molecular weight is 481 g/mol. The van der Waals surface area contributed by atoms with Crippen molar-refractivity contribution in [2.24, 2.45) is 5.92 Å². The first-order chi connectivity index (χ1) is 16.8. The second-order valence-electron chi connectivity index (χ2n) is 9.17. The first-order valence-electron chi connectivity index (χ1n) is 12.0. The van der Waals surface area contributed by atoms with Gasteiger partial charge in [-0.3, -0.25) is 9.59 Å². The molecule has 0 saturated carbocycles. The van der Waals surface area contributed by atoms with Crippen LogP contribution in [0.2, 0.25) is 0 Å². The lowest BCUT2D eigenvalue weighted by Gasteiger charge is -2.34. The highest BCUT2D eigenvalue weighted by Crippen LogP contribution is 2.44. The van der Waals surface area contributed by atoms with Crippen LogP contribution < -0.4 is 5.32 Å². The molecule has 2 aromatic rings. The molecule has 2 aliphatic rings. The van der Waals surface area contributed by atoms with E-state index in [9.17, 15) is 19.5 Å². The predicted molar refractivity (Wildman–Crippen MR) is 130 cm³/mol. The molecule has 1 aliphatic heterocycles. The van der Waals surface area contributed by atoms with Gasteiger partial charge < -0.3 is 24.8 Å². The summed E-state index contributed by atoms with van der Waals surface area (Å²) in [6.07, 6.45) is -0.560. The van der Waals surface area contributed by atoms with Crippen LogP contribution in [0.4, 0.5) is 4.79 Å². The topological polar surface area (TPSA) is 105 Å². The van der Waals surface area contributed by atoms with Crippen molar-refractivity contribution in [2.45, 2.75) is 44.2 Å². The minimum Gasteiger partial charge on any atom is -0.481 e.